The molecular formula is C13H12F3N3O. The van der Waals surface area contributed by atoms with Crippen LogP contribution >= 0.6 is 0 Å². The molecule has 1 heterocycles. The van der Waals surface area contributed by atoms with Gasteiger partial charge in [0.15, 0.2) is 0 Å². The number of alkyl halides is 3. The van der Waals surface area contributed by atoms with Gasteiger partial charge in [-0.25, -0.2) is 0 Å². The summed E-state index contributed by atoms with van der Waals surface area (Å²) >= 11 is 0. The van der Waals surface area contributed by atoms with Crippen molar-refractivity contribution in [3.05, 3.63) is 29.3 Å². The minimum atomic E-state index is -4.56. The van der Waals surface area contributed by atoms with Crippen LogP contribution in [0.5, 0.6) is 0 Å². The van der Waals surface area contributed by atoms with E-state index in [0.717, 1.165) is 6.07 Å². The van der Waals surface area contributed by atoms with Crippen LogP contribution in [0.25, 0.3) is 0 Å². The van der Waals surface area contributed by atoms with Crippen LogP contribution in [-0.2, 0) is 11.0 Å². The molecule has 0 spiro atoms. The van der Waals surface area contributed by atoms with Crippen LogP contribution in [0.4, 0.5) is 18.9 Å². The summed E-state index contributed by atoms with van der Waals surface area (Å²) in [6.07, 6.45) is -4.56. The van der Waals surface area contributed by atoms with Crippen LogP contribution in [0.1, 0.15) is 18.1 Å². The first kappa shape index (κ1) is 14.2. The van der Waals surface area contributed by atoms with Crippen LogP contribution in [0, 0.1) is 11.3 Å². The van der Waals surface area contributed by atoms with E-state index < -0.39 is 23.3 Å². The smallest absolute Gasteiger partial charge is 0.358 e. The molecule has 1 atom stereocenters. The first-order valence-electron chi connectivity index (χ1n) is 6.00. The maximum absolute atomic E-state index is 12.7. The number of halogens is 3. The molecule has 1 fully saturated rings. The maximum atomic E-state index is 12.7. The number of nitrogens with zero attached hydrogens (tertiary/aromatic N) is 2. The molecule has 0 aliphatic carbocycles. The van der Waals surface area contributed by atoms with Gasteiger partial charge in [-0.15, -0.1) is 0 Å². The number of nitriles is 1. The molecule has 1 aromatic carbocycles. The van der Waals surface area contributed by atoms with Crippen LogP contribution in [0.2, 0.25) is 0 Å². The summed E-state index contributed by atoms with van der Waals surface area (Å²) in [7, 11) is 0. The van der Waals surface area contributed by atoms with Gasteiger partial charge in [0.25, 0.3) is 0 Å². The van der Waals surface area contributed by atoms with Crippen LogP contribution in [-0.4, -0.2) is 25.0 Å². The molecule has 20 heavy (non-hydrogen) atoms. The number of benzene rings is 1. The normalized spacial score (nSPS) is 19.4. The zero-order chi connectivity index (χ0) is 14.9. The number of hydrogen-bond donors (Lipinski definition) is 1. The number of carbonyl (C=O) groups is 1. The second-order valence-electron chi connectivity index (χ2n) is 4.50. The zero-order valence-corrected chi connectivity index (χ0v) is 10.7. The molecule has 0 radical (unpaired) electrons. The van der Waals surface area contributed by atoms with Crippen LogP contribution in [0.15, 0.2) is 18.2 Å². The Hall–Kier alpha value is -2.23. The van der Waals surface area contributed by atoms with Crippen molar-refractivity contribution in [2.24, 2.45) is 0 Å². The summed E-state index contributed by atoms with van der Waals surface area (Å²) < 4.78 is 38.2. The van der Waals surface area contributed by atoms with Crippen molar-refractivity contribution in [2.75, 3.05) is 18.0 Å². The Kier molecular flexibility index (Phi) is 3.57. The predicted octanol–water partition coefficient (Wildman–Crippen LogP) is 1.90. The van der Waals surface area contributed by atoms with Crippen LogP contribution < -0.4 is 10.2 Å². The third-order valence-corrected chi connectivity index (χ3v) is 3.26. The number of nitrogens with one attached hydrogen (secondary N) is 1. The highest BCUT2D eigenvalue weighted by Crippen LogP contribution is 2.34. The Balaban J connectivity index is 2.40. The lowest BCUT2D eigenvalue weighted by atomic mass is 10.1. The molecule has 7 heteroatoms. The molecule has 1 saturated heterocycles. The Morgan fingerprint density at radius 2 is 2.15 bits per heavy atom. The van der Waals surface area contributed by atoms with Gasteiger partial charge in [0, 0.05) is 18.8 Å². The highest BCUT2D eigenvalue weighted by atomic mass is 19.4. The van der Waals surface area contributed by atoms with Gasteiger partial charge in [0.1, 0.15) is 6.04 Å². The first-order valence-corrected chi connectivity index (χ1v) is 6.00. The fraction of sp³-hybridized carbons (Fsp3) is 0.385. The number of anilines is 1. The SMILES string of the molecule is CC1C(=O)NCCN1c1ccc(C(F)(F)F)c(C#N)c1. The molecule has 0 bridgehead atoms. The van der Waals surface area contributed by atoms with Crippen molar-refractivity contribution >= 4 is 11.6 Å². The fourth-order valence-electron chi connectivity index (χ4n) is 2.19. The van der Waals surface area contributed by atoms with Crippen molar-refractivity contribution in [3.8, 4) is 6.07 Å². The number of rotatable bonds is 1. The number of piperazine rings is 1. The summed E-state index contributed by atoms with van der Waals surface area (Å²) in [6, 6.07) is 4.43. The number of carbonyl (C=O) groups excluding carboxylic acids is 1. The van der Waals surface area contributed by atoms with Gasteiger partial charge in [-0.3, -0.25) is 4.79 Å². The molecule has 1 unspecified atom stereocenters. The van der Waals surface area contributed by atoms with Crippen molar-refractivity contribution in [3.63, 3.8) is 0 Å². The predicted molar refractivity (Wildman–Crippen MR) is 66.0 cm³/mol. The Morgan fingerprint density at radius 1 is 1.45 bits per heavy atom. The minimum Gasteiger partial charge on any atom is -0.358 e. The number of amides is 1. The third-order valence-electron chi connectivity index (χ3n) is 3.26. The third kappa shape index (κ3) is 2.54. The van der Waals surface area contributed by atoms with Gasteiger partial charge in [0.2, 0.25) is 5.91 Å². The van der Waals surface area contributed by atoms with Gasteiger partial charge in [0.05, 0.1) is 17.2 Å². The Morgan fingerprint density at radius 3 is 2.75 bits per heavy atom. The number of hydrogen-bond acceptors (Lipinski definition) is 3. The van der Waals surface area contributed by atoms with Crippen molar-refractivity contribution in [2.45, 2.75) is 19.1 Å². The Bertz CT molecular complexity index is 577. The highest BCUT2D eigenvalue weighted by Gasteiger charge is 2.34. The molecule has 1 aliphatic rings. The molecule has 4 nitrogen and oxygen atoms in total. The van der Waals surface area contributed by atoms with Crippen LogP contribution in [0.3, 0.4) is 0 Å². The van der Waals surface area contributed by atoms with Gasteiger partial charge in [-0.05, 0) is 25.1 Å². The van der Waals surface area contributed by atoms with E-state index in [-0.39, 0.29) is 5.91 Å². The van der Waals surface area contributed by atoms with E-state index in [2.05, 4.69) is 5.32 Å². The van der Waals surface area contributed by atoms with E-state index in [1.165, 1.54) is 12.1 Å². The van der Waals surface area contributed by atoms with Crippen molar-refractivity contribution in [1.82, 2.24) is 5.32 Å². The van der Waals surface area contributed by atoms with E-state index in [9.17, 15) is 18.0 Å². The highest BCUT2D eigenvalue weighted by molar-refractivity contribution is 5.86. The second-order valence-corrected chi connectivity index (χ2v) is 4.50. The molecule has 1 N–H and O–H groups in total. The van der Waals surface area contributed by atoms with E-state index in [1.54, 1.807) is 17.9 Å². The maximum Gasteiger partial charge on any atom is 0.417 e. The summed E-state index contributed by atoms with van der Waals surface area (Å²) in [5.74, 6) is -0.186. The summed E-state index contributed by atoms with van der Waals surface area (Å²) in [5.41, 5.74) is -0.956. The molecule has 1 aromatic rings. The first-order chi connectivity index (χ1) is 9.34. The largest absolute Gasteiger partial charge is 0.417 e. The fourth-order valence-corrected chi connectivity index (χ4v) is 2.19. The minimum absolute atomic E-state index is 0.186. The topological polar surface area (TPSA) is 56.1 Å². The average molecular weight is 283 g/mol. The molecule has 0 saturated carbocycles. The molecule has 106 valence electrons. The van der Waals surface area contributed by atoms with Gasteiger partial charge in [-0.1, -0.05) is 0 Å². The van der Waals surface area contributed by atoms with E-state index in [0.29, 0.717) is 18.8 Å². The van der Waals surface area contributed by atoms with E-state index >= 15 is 0 Å². The standard InChI is InChI=1S/C13H12F3N3O/c1-8-12(20)18-4-5-19(8)10-2-3-11(13(14,15)16)9(6-10)7-17/h2-3,6,8H,4-5H2,1H3,(H,18,20). The second kappa shape index (κ2) is 5.04. The monoisotopic (exact) mass is 283 g/mol. The van der Waals surface area contributed by atoms with Gasteiger partial charge < -0.3 is 10.2 Å². The molecule has 2 rings (SSSR count). The molecule has 0 aromatic heterocycles. The lowest BCUT2D eigenvalue weighted by Crippen LogP contribution is -2.54. The Labute approximate surface area is 113 Å². The summed E-state index contributed by atoms with van der Waals surface area (Å²) in [4.78, 5) is 13.2. The summed E-state index contributed by atoms with van der Waals surface area (Å²) in [5, 5.41) is 11.5. The summed E-state index contributed by atoms with van der Waals surface area (Å²) in [6.45, 7) is 2.58. The lowest BCUT2D eigenvalue weighted by molar-refractivity contribution is -0.137. The molecule has 1 aliphatic heterocycles. The van der Waals surface area contributed by atoms with E-state index in [1.807, 2.05) is 0 Å². The average Bonchev–Trinajstić information content (AvgIpc) is 2.40. The zero-order valence-electron chi connectivity index (χ0n) is 10.7. The lowest BCUT2D eigenvalue weighted by Gasteiger charge is -2.34. The van der Waals surface area contributed by atoms with Gasteiger partial charge in [-0.2, -0.15) is 18.4 Å². The quantitative estimate of drug-likeness (QED) is 0.856. The van der Waals surface area contributed by atoms with Crippen molar-refractivity contribution < 1.29 is 18.0 Å². The molecular weight excluding hydrogens is 271 g/mol. The van der Waals surface area contributed by atoms with E-state index in [4.69, 9.17) is 5.26 Å². The molecule has 1 amide bonds. The van der Waals surface area contributed by atoms with Crippen molar-refractivity contribution in [1.29, 1.82) is 5.26 Å². The van der Waals surface area contributed by atoms with Gasteiger partial charge >= 0.3 is 6.18 Å².